The van der Waals surface area contributed by atoms with Crippen molar-refractivity contribution in [1.82, 2.24) is 5.32 Å². The molecule has 132 valence electrons. The van der Waals surface area contributed by atoms with Crippen LogP contribution in [0.15, 0.2) is 48.5 Å². The molecule has 0 aliphatic heterocycles. The van der Waals surface area contributed by atoms with Crippen molar-refractivity contribution in [2.45, 2.75) is 12.6 Å². The fourth-order valence-electron chi connectivity index (χ4n) is 2.02. The normalized spacial score (nSPS) is 11.0. The van der Waals surface area contributed by atoms with Gasteiger partial charge in [-0.05, 0) is 30.3 Å². The van der Waals surface area contributed by atoms with Crippen molar-refractivity contribution in [2.75, 3.05) is 11.9 Å². The number of hydrogen-bond donors (Lipinski definition) is 2. The number of carbonyl (C=O) groups is 2. The molecule has 25 heavy (non-hydrogen) atoms. The highest BCUT2D eigenvalue weighted by Crippen LogP contribution is 2.36. The predicted molar refractivity (Wildman–Crippen MR) is 88.5 cm³/mol. The molecular formula is C17H14ClF3N2O2. The number of halogens is 4. The van der Waals surface area contributed by atoms with E-state index in [1.807, 2.05) is 0 Å². The van der Waals surface area contributed by atoms with Crippen LogP contribution in [0, 0.1) is 0 Å². The Balaban J connectivity index is 1.88. The molecule has 2 N–H and O–H groups in total. The Morgan fingerprint density at radius 3 is 2.36 bits per heavy atom. The van der Waals surface area contributed by atoms with E-state index in [0.29, 0.717) is 5.56 Å². The van der Waals surface area contributed by atoms with Crippen LogP contribution < -0.4 is 10.6 Å². The quantitative estimate of drug-likeness (QED) is 0.831. The third-order valence-corrected chi connectivity index (χ3v) is 3.56. The van der Waals surface area contributed by atoms with Crippen molar-refractivity contribution < 1.29 is 22.8 Å². The zero-order valence-electron chi connectivity index (χ0n) is 12.9. The zero-order valence-corrected chi connectivity index (χ0v) is 13.6. The van der Waals surface area contributed by atoms with Crippen LogP contribution in [0.4, 0.5) is 18.9 Å². The average Bonchev–Trinajstić information content (AvgIpc) is 2.56. The van der Waals surface area contributed by atoms with E-state index in [0.717, 1.165) is 12.1 Å². The Kier molecular flexibility index (Phi) is 6.03. The molecule has 0 spiro atoms. The largest absolute Gasteiger partial charge is 0.417 e. The maximum Gasteiger partial charge on any atom is 0.417 e. The summed E-state index contributed by atoms with van der Waals surface area (Å²) < 4.78 is 38.3. The fraction of sp³-hybridized carbons (Fsp3) is 0.176. The summed E-state index contributed by atoms with van der Waals surface area (Å²) in [5.41, 5.74) is -0.587. The molecule has 0 atom stereocenters. The first-order valence-electron chi connectivity index (χ1n) is 7.27. The molecule has 0 radical (unpaired) electrons. The van der Waals surface area contributed by atoms with Gasteiger partial charge in [-0.2, -0.15) is 13.2 Å². The smallest absolute Gasteiger partial charge is 0.352 e. The SMILES string of the molecule is O=C(CCNC(=O)c1ccccc1)Nc1ccc(Cl)c(C(F)(F)F)c1. The highest BCUT2D eigenvalue weighted by molar-refractivity contribution is 6.31. The number of rotatable bonds is 5. The van der Waals surface area contributed by atoms with Crippen LogP contribution in [0.2, 0.25) is 5.02 Å². The van der Waals surface area contributed by atoms with Gasteiger partial charge in [-0.3, -0.25) is 9.59 Å². The van der Waals surface area contributed by atoms with Gasteiger partial charge in [0.15, 0.2) is 0 Å². The summed E-state index contributed by atoms with van der Waals surface area (Å²) in [5, 5.41) is 4.46. The molecule has 0 unspecified atom stereocenters. The van der Waals surface area contributed by atoms with E-state index >= 15 is 0 Å². The molecule has 0 aliphatic carbocycles. The van der Waals surface area contributed by atoms with E-state index in [-0.39, 0.29) is 24.6 Å². The Morgan fingerprint density at radius 2 is 1.72 bits per heavy atom. The van der Waals surface area contributed by atoms with Crippen LogP contribution in [-0.4, -0.2) is 18.4 Å². The lowest BCUT2D eigenvalue weighted by Gasteiger charge is -2.12. The molecule has 0 aromatic heterocycles. The van der Waals surface area contributed by atoms with Crippen molar-refractivity contribution in [3.8, 4) is 0 Å². The lowest BCUT2D eigenvalue weighted by molar-refractivity contribution is -0.137. The minimum Gasteiger partial charge on any atom is -0.352 e. The highest BCUT2D eigenvalue weighted by Gasteiger charge is 2.33. The summed E-state index contributed by atoms with van der Waals surface area (Å²) in [6.07, 6.45) is -4.69. The van der Waals surface area contributed by atoms with Gasteiger partial charge in [0.05, 0.1) is 10.6 Å². The summed E-state index contributed by atoms with van der Waals surface area (Å²) in [6, 6.07) is 11.5. The number of alkyl halides is 3. The second-order valence-electron chi connectivity index (χ2n) is 5.11. The molecule has 0 heterocycles. The summed E-state index contributed by atoms with van der Waals surface area (Å²) in [7, 11) is 0. The molecule has 0 aliphatic rings. The van der Waals surface area contributed by atoms with Crippen LogP contribution in [0.5, 0.6) is 0 Å². The molecule has 8 heteroatoms. The first-order chi connectivity index (χ1) is 11.8. The maximum absolute atomic E-state index is 12.8. The van der Waals surface area contributed by atoms with E-state index < -0.39 is 22.7 Å². The Bertz CT molecular complexity index is 764. The molecule has 0 saturated heterocycles. The van der Waals surface area contributed by atoms with E-state index in [9.17, 15) is 22.8 Å². The number of carbonyl (C=O) groups excluding carboxylic acids is 2. The number of benzene rings is 2. The Labute approximate surface area is 147 Å². The lowest BCUT2D eigenvalue weighted by Crippen LogP contribution is -2.27. The molecule has 0 saturated carbocycles. The second kappa shape index (κ2) is 8.02. The first-order valence-corrected chi connectivity index (χ1v) is 7.65. The van der Waals surface area contributed by atoms with Gasteiger partial charge in [0, 0.05) is 24.2 Å². The average molecular weight is 371 g/mol. The summed E-state index contributed by atoms with van der Waals surface area (Å²) >= 11 is 5.51. The van der Waals surface area contributed by atoms with Crippen molar-refractivity contribution in [3.05, 3.63) is 64.7 Å². The van der Waals surface area contributed by atoms with Crippen molar-refractivity contribution in [2.24, 2.45) is 0 Å². The van der Waals surface area contributed by atoms with E-state index in [4.69, 9.17) is 11.6 Å². The van der Waals surface area contributed by atoms with Gasteiger partial charge in [0.1, 0.15) is 0 Å². The van der Waals surface area contributed by atoms with Crippen LogP contribution in [0.1, 0.15) is 22.3 Å². The van der Waals surface area contributed by atoms with Crippen LogP contribution in [-0.2, 0) is 11.0 Å². The number of anilines is 1. The highest BCUT2D eigenvalue weighted by atomic mass is 35.5. The molecule has 0 bridgehead atoms. The van der Waals surface area contributed by atoms with E-state index in [1.165, 1.54) is 6.07 Å². The van der Waals surface area contributed by atoms with Gasteiger partial charge >= 0.3 is 6.18 Å². The molecule has 2 amide bonds. The third kappa shape index (κ3) is 5.49. The number of nitrogens with one attached hydrogen (secondary N) is 2. The zero-order chi connectivity index (χ0) is 18.4. The van der Waals surface area contributed by atoms with Gasteiger partial charge in [0.2, 0.25) is 5.91 Å². The third-order valence-electron chi connectivity index (χ3n) is 3.23. The van der Waals surface area contributed by atoms with E-state index in [2.05, 4.69) is 10.6 Å². The van der Waals surface area contributed by atoms with Gasteiger partial charge in [-0.1, -0.05) is 29.8 Å². The molecular weight excluding hydrogens is 357 g/mol. The fourth-order valence-corrected chi connectivity index (χ4v) is 2.25. The maximum atomic E-state index is 12.8. The molecule has 2 rings (SSSR count). The topological polar surface area (TPSA) is 58.2 Å². The summed E-state index contributed by atoms with van der Waals surface area (Å²) in [6.45, 7) is 0.0548. The summed E-state index contributed by atoms with van der Waals surface area (Å²) in [4.78, 5) is 23.6. The van der Waals surface area contributed by atoms with Crippen LogP contribution in [0.3, 0.4) is 0 Å². The van der Waals surface area contributed by atoms with Gasteiger partial charge in [0.25, 0.3) is 5.91 Å². The molecule has 0 fully saturated rings. The second-order valence-corrected chi connectivity index (χ2v) is 5.52. The molecule has 2 aromatic rings. The minimum atomic E-state index is -4.61. The Morgan fingerprint density at radius 1 is 1.04 bits per heavy atom. The Hall–Kier alpha value is -2.54. The van der Waals surface area contributed by atoms with Gasteiger partial charge in [-0.15, -0.1) is 0 Å². The monoisotopic (exact) mass is 370 g/mol. The summed E-state index contributed by atoms with van der Waals surface area (Å²) in [5.74, 6) is -0.858. The van der Waals surface area contributed by atoms with Gasteiger partial charge < -0.3 is 10.6 Å². The molecule has 2 aromatic carbocycles. The standard InChI is InChI=1S/C17H14ClF3N2O2/c18-14-7-6-12(10-13(14)17(19,20)21)23-15(24)8-9-22-16(25)11-4-2-1-3-5-11/h1-7,10H,8-9H2,(H,22,25)(H,23,24). The van der Waals surface area contributed by atoms with Crippen LogP contribution >= 0.6 is 11.6 Å². The number of hydrogen-bond acceptors (Lipinski definition) is 2. The van der Waals surface area contributed by atoms with Crippen molar-refractivity contribution in [3.63, 3.8) is 0 Å². The first kappa shape index (κ1) is 18.8. The lowest BCUT2D eigenvalue weighted by atomic mass is 10.2. The predicted octanol–water partition coefficient (Wildman–Crippen LogP) is 4.12. The molecule has 4 nitrogen and oxygen atoms in total. The minimum absolute atomic E-state index is 0.0175. The van der Waals surface area contributed by atoms with Crippen molar-refractivity contribution in [1.29, 1.82) is 0 Å². The number of amides is 2. The van der Waals surface area contributed by atoms with E-state index in [1.54, 1.807) is 30.3 Å². The van der Waals surface area contributed by atoms with Crippen LogP contribution in [0.25, 0.3) is 0 Å². The van der Waals surface area contributed by atoms with Crippen molar-refractivity contribution >= 4 is 29.1 Å². The van der Waals surface area contributed by atoms with Gasteiger partial charge in [-0.25, -0.2) is 0 Å².